The highest BCUT2D eigenvalue weighted by molar-refractivity contribution is 5.90. The minimum Gasteiger partial charge on any atom is -0.481 e. The zero-order valence-corrected chi connectivity index (χ0v) is 8.63. The van der Waals surface area contributed by atoms with Gasteiger partial charge in [-0.05, 0) is 17.0 Å². The van der Waals surface area contributed by atoms with Crippen LogP contribution in [0, 0.1) is 0 Å². The van der Waals surface area contributed by atoms with Gasteiger partial charge in [0.1, 0.15) is 0 Å². The number of hydrogen-bond donors (Lipinski definition) is 1. The minimum absolute atomic E-state index is 0.0431. The first kappa shape index (κ1) is 10.4. The summed E-state index contributed by atoms with van der Waals surface area (Å²) in [5.41, 5.74) is 1.01. The molecular weight excluding hydrogens is 202 g/mol. The van der Waals surface area contributed by atoms with E-state index >= 15 is 0 Å². The van der Waals surface area contributed by atoms with E-state index in [1.54, 1.807) is 18.5 Å². The van der Waals surface area contributed by atoms with Gasteiger partial charge in [0.25, 0.3) is 0 Å². The summed E-state index contributed by atoms with van der Waals surface area (Å²) in [6.07, 6.45) is 7.05. The Morgan fingerprint density at radius 3 is 3.06 bits per heavy atom. The predicted molar refractivity (Wildman–Crippen MR) is 63.0 cm³/mol. The van der Waals surface area contributed by atoms with Crippen LogP contribution in [0.25, 0.3) is 16.8 Å². The van der Waals surface area contributed by atoms with Gasteiger partial charge in [-0.25, -0.2) is 0 Å². The standard InChI is InChI=1S/C13H11NO2/c15-13(16)6-2-4-10-3-1-5-11-9-14-8-7-12(10)11/h1-5,7-9H,6H2,(H,15,16). The van der Waals surface area contributed by atoms with Crippen molar-refractivity contribution in [2.75, 3.05) is 0 Å². The predicted octanol–water partition coefficient (Wildman–Crippen LogP) is 2.72. The Morgan fingerprint density at radius 1 is 1.38 bits per heavy atom. The van der Waals surface area contributed by atoms with E-state index in [0.717, 1.165) is 16.3 Å². The lowest BCUT2D eigenvalue weighted by Gasteiger charge is -2.00. The van der Waals surface area contributed by atoms with Crippen LogP contribution in [0.4, 0.5) is 0 Å². The molecule has 1 aromatic carbocycles. The first-order valence-electron chi connectivity index (χ1n) is 4.98. The Kier molecular flexibility index (Phi) is 2.96. The number of aliphatic carboxylic acids is 1. The Balaban J connectivity index is 2.37. The van der Waals surface area contributed by atoms with E-state index in [1.165, 1.54) is 0 Å². The molecule has 3 nitrogen and oxygen atoms in total. The Bertz CT molecular complexity index is 541. The number of carbonyl (C=O) groups is 1. The van der Waals surface area contributed by atoms with Crippen molar-refractivity contribution in [1.82, 2.24) is 4.98 Å². The first-order valence-corrected chi connectivity index (χ1v) is 4.98. The van der Waals surface area contributed by atoms with Gasteiger partial charge in [0, 0.05) is 17.8 Å². The maximum Gasteiger partial charge on any atom is 0.307 e. The van der Waals surface area contributed by atoms with Crippen LogP contribution >= 0.6 is 0 Å². The van der Waals surface area contributed by atoms with Gasteiger partial charge in [-0.3, -0.25) is 9.78 Å². The molecule has 0 fully saturated rings. The second-order valence-electron chi connectivity index (χ2n) is 3.44. The summed E-state index contributed by atoms with van der Waals surface area (Å²) in [6.45, 7) is 0. The third-order valence-corrected chi connectivity index (χ3v) is 2.30. The molecule has 0 saturated carbocycles. The van der Waals surface area contributed by atoms with Gasteiger partial charge in [-0.1, -0.05) is 30.4 Å². The summed E-state index contributed by atoms with van der Waals surface area (Å²) in [5, 5.41) is 10.7. The summed E-state index contributed by atoms with van der Waals surface area (Å²) in [7, 11) is 0. The maximum absolute atomic E-state index is 10.4. The second-order valence-corrected chi connectivity index (χ2v) is 3.44. The van der Waals surface area contributed by atoms with Gasteiger partial charge in [-0.15, -0.1) is 0 Å². The van der Waals surface area contributed by atoms with Crippen LogP contribution < -0.4 is 0 Å². The van der Waals surface area contributed by atoms with Crippen LogP contribution in [-0.4, -0.2) is 16.1 Å². The number of carboxylic acid groups (broad SMARTS) is 1. The number of hydrogen-bond acceptors (Lipinski definition) is 2. The minimum atomic E-state index is -0.821. The number of fused-ring (bicyclic) bond motifs is 1. The van der Waals surface area contributed by atoms with Gasteiger partial charge in [0.05, 0.1) is 6.42 Å². The molecule has 3 heteroatoms. The van der Waals surface area contributed by atoms with Crippen molar-refractivity contribution in [2.24, 2.45) is 0 Å². The number of carboxylic acids is 1. The summed E-state index contributed by atoms with van der Waals surface area (Å²) in [6, 6.07) is 7.80. The highest BCUT2D eigenvalue weighted by Gasteiger charge is 1.97. The molecule has 80 valence electrons. The van der Waals surface area contributed by atoms with Crippen molar-refractivity contribution in [2.45, 2.75) is 6.42 Å². The largest absolute Gasteiger partial charge is 0.481 e. The molecule has 1 aromatic heterocycles. The molecule has 0 amide bonds. The van der Waals surface area contributed by atoms with Crippen LogP contribution in [0.15, 0.2) is 42.7 Å². The molecule has 0 unspecified atom stereocenters. The molecule has 0 atom stereocenters. The Labute approximate surface area is 93.1 Å². The number of aromatic nitrogens is 1. The smallest absolute Gasteiger partial charge is 0.307 e. The molecule has 16 heavy (non-hydrogen) atoms. The fourth-order valence-electron chi connectivity index (χ4n) is 1.58. The molecule has 0 aliphatic rings. The van der Waals surface area contributed by atoms with E-state index in [2.05, 4.69) is 4.98 Å². The van der Waals surface area contributed by atoms with E-state index in [-0.39, 0.29) is 6.42 Å². The second kappa shape index (κ2) is 4.57. The number of benzene rings is 1. The zero-order chi connectivity index (χ0) is 11.4. The normalized spacial score (nSPS) is 11.0. The lowest BCUT2D eigenvalue weighted by molar-refractivity contribution is -0.135. The van der Waals surface area contributed by atoms with Crippen molar-refractivity contribution >= 4 is 22.8 Å². The van der Waals surface area contributed by atoms with Crippen molar-refractivity contribution in [1.29, 1.82) is 0 Å². The SMILES string of the molecule is O=C(O)CC=Cc1cccc2cnccc12. The molecule has 0 saturated heterocycles. The van der Waals surface area contributed by atoms with Crippen molar-refractivity contribution in [3.63, 3.8) is 0 Å². The van der Waals surface area contributed by atoms with Gasteiger partial charge in [0.2, 0.25) is 0 Å². The molecule has 2 aromatic rings. The third kappa shape index (κ3) is 2.25. The van der Waals surface area contributed by atoms with Crippen molar-refractivity contribution in [3.8, 4) is 0 Å². The molecule has 1 N–H and O–H groups in total. The van der Waals surface area contributed by atoms with Crippen LogP contribution in [0.1, 0.15) is 12.0 Å². The molecule has 0 radical (unpaired) electrons. The fourth-order valence-corrected chi connectivity index (χ4v) is 1.58. The van der Waals surface area contributed by atoms with E-state index in [1.807, 2.05) is 30.3 Å². The zero-order valence-electron chi connectivity index (χ0n) is 8.63. The summed E-state index contributed by atoms with van der Waals surface area (Å²) in [4.78, 5) is 14.4. The van der Waals surface area contributed by atoms with Crippen LogP contribution in [0.3, 0.4) is 0 Å². The molecule has 1 heterocycles. The number of nitrogens with zero attached hydrogens (tertiary/aromatic N) is 1. The van der Waals surface area contributed by atoms with Gasteiger partial charge in [-0.2, -0.15) is 0 Å². The van der Waals surface area contributed by atoms with Gasteiger partial charge >= 0.3 is 5.97 Å². The summed E-state index contributed by atoms with van der Waals surface area (Å²) in [5.74, 6) is -0.821. The third-order valence-electron chi connectivity index (χ3n) is 2.30. The quantitative estimate of drug-likeness (QED) is 0.852. The topological polar surface area (TPSA) is 50.2 Å². The highest BCUT2D eigenvalue weighted by Crippen LogP contribution is 2.18. The summed E-state index contributed by atoms with van der Waals surface area (Å²) >= 11 is 0. The van der Waals surface area contributed by atoms with E-state index in [0.29, 0.717) is 0 Å². The number of rotatable bonds is 3. The highest BCUT2D eigenvalue weighted by atomic mass is 16.4. The Hall–Kier alpha value is -2.16. The van der Waals surface area contributed by atoms with Crippen molar-refractivity contribution < 1.29 is 9.90 Å². The van der Waals surface area contributed by atoms with Crippen LogP contribution in [0.2, 0.25) is 0 Å². The average Bonchev–Trinajstić information content (AvgIpc) is 2.29. The van der Waals surface area contributed by atoms with Gasteiger partial charge < -0.3 is 5.11 Å². The first-order chi connectivity index (χ1) is 7.77. The Morgan fingerprint density at radius 2 is 2.25 bits per heavy atom. The monoisotopic (exact) mass is 213 g/mol. The number of pyridine rings is 1. The lowest BCUT2D eigenvalue weighted by atomic mass is 10.1. The molecular formula is C13H11NO2. The molecule has 0 aliphatic heterocycles. The molecule has 0 aliphatic carbocycles. The summed E-state index contributed by atoms with van der Waals surface area (Å²) < 4.78 is 0. The average molecular weight is 213 g/mol. The molecule has 0 spiro atoms. The molecule has 0 bridgehead atoms. The van der Waals surface area contributed by atoms with Crippen molar-refractivity contribution in [3.05, 3.63) is 48.3 Å². The van der Waals surface area contributed by atoms with E-state index in [4.69, 9.17) is 5.11 Å². The van der Waals surface area contributed by atoms with Crippen LogP contribution in [-0.2, 0) is 4.79 Å². The lowest BCUT2D eigenvalue weighted by Crippen LogP contribution is -1.89. The van der Waals surface area contributed by atoms with E-state index < -0.39 is 5.97 Å². The maximum atomic E-state index is 10.4. The van der Waals surface area contributed by atoms with Gasteiger partial charge in [0.15, 0.2) is 0 Å². The van der Waals surface area contributed by atoms with Crippen LogP contribution in [0.5, 0.6) is 0 Å². The molecule has 2 rings (SSSR count). The van der Waals surface area contributed by atoms with E-state index in [9.17, 15) is 4.79 Å². The fraction of sp³-hybridized carbons (Fsp3) is 0.0769.